The number of likely N-dealkylation sites (N-methyl/N-ethyl adjacent to an activating group) is 1. The summed E-state index contributed by atoms with van der Waals surface area (Å²) >= 11 is 0. The van der Waals surface area contributed by atoms with Crippen molar-refractivity contribution in [2.24, 2.45) is 0 Å². The second-order valence-electron chi connectivity index (χ2n) is 1.57. The number of aliphatic carboxylic acids is 1. The molecule has 0 aromatic heterocycles. The summed E-state index contributed by atoms with van der Waals surface area (Å²) in [5.74, 6) is -1.03. The summed E-state index contributed by atoms with van der Waals surface area (Å²) < 4.78 is 0. The van der Waals surface area contributed by atoms with E-state index in [0.717, 1.165) is 0 Å². The fourth-order valence-corrected chi connectivity index (χ4v) is 0.489. The molecule has 0 aliphatic rings. The Bertz CT molecular complexity index is 83.0. The van der Waals surface area contributed by atoms with Crippen LogP contribution in [0.4, 0.5) is 0 Å². The first-order valence-electron chi connectivity index (χ1n) is 2.60. The Morgan fingerprint density at radius 3 is 2.22 bits per heavy atom. The van der Waals surface area contributed by atoms with E-state index in [0.29, 0.717) is 6.42 Å². The van der Waals surface area contributed by atoms with E-state index in [9.17, 15) is 9.90 Å². The van der Waals surface area contributed by atoms with Crippen LogP contribution in [0.25, 0.3) is 0 Å². The van der Waals surface area contributed by atoms with Gasteiger partial charge in [0.2, 0.25) is 0 Å². The van der Waals surface area contributed by atoms with Crippen molar-refractivity contribution in [3.8, 4) is 0 Å². The predicted octanol–water partition coefficient (Wildman–Crippen LogP) is -4.26. The number of carbonyl (C=O) groups excluding carboxylic acids is 1. The molecule has 0 spiro atoms. The fourth-order valence-electron chi connectivity index (χ4n) is 0.489. The molecule has 4 heteroatoms. The Kier molecular flexibility index (Phi) is 8.05. The van der Waals surface area contributed by atoms with E-state index in [4.69, 9.17) is 0 Å². The second-order valence-corrected chi connectivity index (χ2v) is 1.57. The molecule has 0 rings (SSSR count). The Balaban J connectivity index is 0. The van der Waals surface area contributed by atoms with Crippen molar-refractivity contribution in [1.29, 1.82) is 0 Å². The molecule has 1 atom stereocenters. The number of nitrogens with one attached hydrogen (secondary N) is 1. The number of carboxylic acid groups (broad SMARTS) is 1. The number of carboxylic acids is 1. The first-order chi connectivity index (χ1) is 3.72. The predicted molar refractivity (Wildman–Crippen MR) is 28.1 cm³/mol. The average molecular weight is 123 g/mol. The van der Waals surface area contributed by atoms with E-state index >= 15 is 0 Å². The van der Waals surface area contributed by atoms with E-state index in [2.05, 4.69) is 5.32 Å². The van der Waals surface area contributed by atoms with Crippen LogP contribution in [0.1, 0.15) is 13.3 Å². The molecule has 0 bridgehead atoms. The number of rotatable bonds is 3. The third-order valence-corrected chi connectivity index (χ3v) is 1.04. The van der Waals surface area contributed by atoms with Gasteiger partial charge in [-0.25, -0.2) is 0 Å². The first kappa shape index (κ1) is 11.8. The minimum atomic E-state index is -1.03. The molecule has 48 valence electrons. The largest absolute Gasteiger partial charge is 1.00 e. The van der Waals surface area contributed by atoms with E-state index in [1.165, 1.54) is 0 Å². The van der Waals surface area contributed by atoms with Gasteiger partial charge in [-0.1, -0.05) is 6.92 Å². The number of hydrogen-bond acceptors (Lipinski definition) is 3. The molecule has 0 aliphatic carbocycles. The summed E-state index contributed by atoms with van der Waals surface area (Å²) in [6.45, 7) is 1.79. The van der Waals surface area contributed by atoms with Crippen LogP contribution in [0.3, 0.4) is 0 Å². The molecular formula is C5H10LiNO2. The SMILES string of the molecule is CCC(NC)C(=O)[O-].[Li+]. The van der Waals surface area contributed by atoms with E-state index in [1.807, 2.05) is 0 Å². The summed E-state index contributed by atoms with van der Waals surface area (Å²) in [5.41, 5.74) is 0. The minimum Gasteiger partial charge on any atom is -0.548 e. The maximum Gasteiger partial charge on any atom is 1.00 e. The average Bonchev–Trinajstić information content (AvgIpc) is 1.69. The zero-order chi connectivity index (χ0) is 6.57. The Morgan fingerprint density at radius 1 is 1.78 bits per heavy atom. The molecule has 0 radical (unpaired) electrons. The summed E-state index contributed by atoms with van der Waals surface area (Å²) in [6.07, 6.45) is 0.568. The number of hydrogen-bond donors (Lipinski definition) is 1. The van der Waals surface area contributed by atoms with Crippen molar-refractivity contribution in [1.82, 2.24) is 5.32 Å². The van der Waals surface area contributed by atoms with E-state index in [1.54, 1.807) is 14.0 Å². The molecule has 1 unspecified atom stereocenters. The Hall–Kier alpha value is 0.0274. The summed E-state index contributed by atoms with van der Waals surface area (Å²) in [5, 5.41) is 12.6. The smallest absolute Gasteiger partial charge is 0.548 e. The molecule has 0 fully saturated rings. The molecule has 0 heterocycles. The number of carbonyl (C=O) groups is 1. The molecule has 1 N–H and O–H groups in total. The summed E-state index contributed by atoms with van der Waals surface area (Å²) in [4.78, 5) is 9.99. The molecule has 0 amide bonds. The van der Waals surface area contributed by atoms with Crippen molar-refractivity contribution in [3.63, 3.8) is 0 Å². The van der Waals surface area contributed by atoms with Crippen molar-refractivity contribution in [2.45, 2.75) is 19.4 Å². The van der Waals surface area contributed by atoms with E-state index in [-0.39, 0.29) is 18.9 Å². The van der Waals surface area contributed by atoms with Gasteiger partial charge in [0.15, 0.2) is 0 Å². The third-order valence-electron chi connectivity index (χ3n) is 1.04. The van der Waals surface area contributed by atoms with Gasteiger partial charge in [-0.15, -0.1) is 0 Å². The second kappa shape index (κ2) is 6.15. The van der Waals surface area contributed by atoms with Crippen LogP contribution in [0.2, 0.25) is 0 Å². The molecular weight excluding hydrogens is 113 g/mol. The fraction of sp³-hybridized carbons (Fsp3) is 0.800. The maximum absolute atomic E-state index is 9.99. The van der Waals surface area contributed by atoms with Gasteiger partial charge in [-0.3, -0.25) is 0 Å². The zero-order valence-electron chi connectivity index (χ0n) is 6.10. The standard InChI is InChI=1S/C5H11NO2.Li/c1-3-4(6-2)5(7)8;/h4,6H,3H2,1-2H3,(H,7,8);/q;+1/p-1. The van der Waals surface area contributed by atoms with Gasteiger partial charge in [0.25, 0.3) is 0 Å². The van der Waals surface area contributed by atoms with Gasteiger partial charge in [-0.2, -0.15) is 0 Å². The van der Waals surface area contributed by atoms with Crippen molar-refractivity contribution in [2.75, 3.05) is 7.05 Å². The van der Waals surface area contributed by atoms with Gasteiger partial charge in [0.05, 0.1) is 5.97 Å². The normalized spacial score (nSPS) is 11.8. The van der Waals surface area contributed by atoms with Gasteiger partial charge < -0.3 is 15.2 Å². The van der Waals surface area contributed by atoms with Crippen LogP contribution in [0, 0.1) is 0 Å². The Morgan fingerprint density at radius 2 is 2.22 bits per heavy atom. The molecule has 9 heavy (non-hydrogen) atoms. The molecule has 3 nitrogen and oxygen atoms in total. The topological polar surface area (TPSA) is 52.2 Å². The van der Waals surface area contributed by atoms with Crippen LogP contribution >= 0.6 is 0 Å². The van der Waals surface area contributed by atoms with Crippen LogP contribution in [-0.2, 0) is 4.79 Å². The van der Waals surface area contributed by atoms with Crippen LogP contribution in [-0.4, -0.2) is 19.1 Å². The van der Waals surface area contributed by atoms with Gasteiger partial charge in [0, 0.05) is 6.04 Å². The molecule has 0 saturated carbocycles. The van der Waals surface area contributed by atoms with Crippen LogP contribution in [0.15, 0.2) is 0 Å². The van der Waals surface area contributed by atoms with Gasteiger partial charge in [0.1, 0.15) is 0 Å². The molecule has 0 aromatic rings. The molecule has 0 saturated heterocycles. The Labute approximate surface area is 67.0 Å². The third kappa shape index (κ3) is 4.53. The van der Waals surface area contributed by atoms with Crippen molar-refractivity contribution in [3.05, 3.63) is 0 Å². The molecule has 0 aromatic carbocycles. The quantitative estimate of drug-likeness (QED) is 0.386. The summed E-state index contributed by atoms with van der Waals surface area (Å²) in [7, 11) is 1.60. The summed E-state index contributed by atoms with van der Waals surface area (Å²) in [6, 6.07) is -0.491. The maximum atomic E-state index is 9.99. The zero-order valence-corrected chi connectivity index (χ0v) is 6.10. The van der Waals surface area contributed by atoms with E-state index < -0.39 is 12.0 Å². The first-order valence-corrected chi connectivity index (χ1v) is 2.60. The van der Waals surface area contributed by atoms with Crippen LogP contribution < -0.4 is 29.3 Å². The molecule has 0 aliphatic heterocycles. The van der Waals surface area contributed by atoms with Gasteiger partial charge >= 0.3 is 18.9 Å². The minimum absolute atomic E-state index is 0. The van der Waals surface area contributed by atoms with Crippen molar-refractivity contribution < 1.29 is 28.8 Å². The van der Waals surface area contributed by atoms with Crippen molar-refractivity contribution >= 4 is 5.97 Å². The monoisotopic (exact) mass is 123 g/mol. The van der Waals surface area contributed by atoms with Gasteiger partial charge in [-0.05, 0) is 13.5 Å². The van der Waals surface area contributed by atoms with Crippen LogP contribution in [0.5, 0.6) is 0 Å².